The van der Waals surface area contributed by atoms with E-state index in [0.717, 1.165) is 66.2 Å². The molecule has 1 fully saturated rings. The molecule has 0 atom stereocenters. The summed E-state index contributed by atoms with van der Waals surface area (Å²) in [4.78, 5) is 7.46. The van der Waals surface area contributed by atoms with E-state index in [1.807, 2.05) is 12.3 Å². The minimum absolute atomic E-state index is 0.242. The number of methoxy groups -OCH3 is 1. The number of benzene rings is 2. The molecule has 160 valence electrons. The Morgan fingerprint density at radius 2 is 1.90 bits per heavy atom. The fourth-order valence-corrected chi connectivity index (χ4v) is 3.70. The Hall–Kier alpha value is -2.66. The second-order valence-electron chi connectivity index (χ2n) is 7.83. The van der Waals surface area contributed by atoms with Crippen molar-refractivity contribution in [1.29, 1.82) is 0 Å². The van der Waals surface area contributed by atoms with Gasteiger partial charge in [0.25, 0.3) is 0 Å². The highest BCUT2D eigenvalue weighted by Crippen LogP contribution is 2.31. The van der Waals surface area contributed by atoms with E-state index in [9.17, 15) is 4.39 Å². The first-order valence-corrected chi connectivity index (χ1v) is 10.6. The molecule has 0 radical (unpaired) electrons. The molecule has 3 rings (SSSR count). The lowest BCUT2D eigenvalue weighted by atomic mass is 9.97. The van der Waals surface area contributed by atoms with E-state index in [-0.39, 0.29) is 5.82 Å². The van der Waals surface area contributed by atoms with Crippen LogP contribution in [0.2, 0.25) is 0 Å². The number of hydrogen-bond acceptors (Lipinski definition) is 3. The Bertz CT molecular complexity index is 897. The molecule has 0 aliphatic carbocycles. The molecule has 30 heavy (non-hydrogen) atoms. The van der Waals surface area contributed by atoms with Crippen LogP contribution in [-0.2, 0) is 0 Å². The summed E-state index contributed by atoms with van der Waals surface area (Å²) in [5, 5.41) is 3.42. The fourth-order valence-electron chi connectivity index (χ4n) is 3.70. The van der Waals surface area contributed by atoms with Crippen molar-refractivity contribution in [2.75, 3.05) is 27.2 Å². The molecule has 1 N–H and O–H groups in total. The Morgan fingerprint density at radius 3 is 2.53 bits per heavy atom. The van der Waals surface area contributed by atoms with Gasteiger partial charge in [-0.3, -0.25) is 4.99 Å². The SMILES string of the molecule is CC/C=C/NC(=NC1CCN(C)CC1)c1cc(-c2ccc(F)cc2)cc(OC)c1C. The van der Waals surface area contributed by atoms with Gasteiger partial charge in [0.2, 0.25) is 0 Å². The molecule has 2 aromatic carbocycles. The minimum atomic E-state index is -0.242. The number of allylic oxidation sites excluding steroid dienone is 1. The minimum Gasteiger partial charge on any atom is -0.496 e. The van der Waals surface area contributed by atoms with E-state index in [4.69, 9.17) is 9.73 Å². The Kier molecular flexibility index (Phi) is 7.63. The third-order valence-corrected chi connectivity index (χ3v) is 5.59. The average molecular weight is 410 g/mol. The number of nitrogens with zero attached hydrogens (tertiary/aromatic N) is 2. The molecule has 1 saturated heterocycles. The summed E-state index contributed by atoms with van der Waals surface area (Å²) in [6.45, 7) is 6.28. The highest BCUT2D eigenvalue weighted by molar-refractivity contribution is 6.02. The van der Waals surface area contributed by atoms with Crippen LogP contribution >= 0.6 is 0 Å². The van der Waals surface area contributed by atoms with Crippen molar-refractivity contribution in [3.63, 3.8) is 0 Å². The predicted octanol–water partition coefficient (Wildman–Crippen LogP) is 5.16. The molecule has 1 heterocycles. The van der Waals surface area contributed by atoms with Crippen LogP contribution < -0.4 is 10.1 Å². The maximum atomic E-state index is 13.4. The first-order chi connectivity index (χ1) is 14.5. The van der Waals surface area contributed by atoms with E-state index < -0.39 is 0 Å². The van der Waals surface area contributed by atoms with Gasteiger partial charge in [-0.25, -0.2) is 4.39 Å². The lowest BCUT2D eigenvalue weighted by Gasteiger charge is -2.27. The molecular formula is C25H32FN3O. The van der Waals surface area contributed by atoms with Gasteiger partial charge in [-0.1, -0.05) is 25.1 Å². The zero-order chi connectivity index (χ0) is 21.5. The number of amidine groups is 1. The monoisotopic (exact) mass is 409 g/mol. The molecule has 1 aliphatic rings. The van der Waals surface area contributed by atoms with Gasteiger partial charge in [-0.15, -0.1) is 0 Å². The van der Waals surface area contributed by atoms with Crippen LogP contribution in [0.1, 0.15) is 37.3 Å². The van der Waals surface area contributed by atoms with Crippen LogP contribution in [0.3, 0.4) is 0 Å². The van der Waals surface area contributed by atoms with E-state index in [2.05, 4.69) is 43.3 Å². The standard InChI is InChI=1S/C25H32FN3O/c1-5-6-13-27-25(28-22-11-14-29(3)15-12-22)23-16-20(17-24(30-4)18(23)2)19-7-9-21(26)10-8-19/h6-10,13,16-17,22H,5,11-12,14-15H2,1-4H3,(H,27,28)/b13-6+. The van der Waals surface area contributed by atoms with Crippen molar-refractivity contribution < 1.29 is 9.13 Å². The van der Waals surface area contributed by atoms with Gasteiger partial charge in [-0.2, -0.15) is 0 Å². The third kappa shape index (κ3) is 5.48. The number of ether oxygens (including phenoxy) is 1. The van der Waals surface area contributed by atoms with Crippen LogP contribution in [0.5, 0.6) is 5.75 Å². The van der Waals surface area contributed by atoms with Gasteiger partial charge < -0.3 is 15.0 Å². The molecule has 2 aromatic rings. The second-order valence-corrected chi connectivity index (χ2v) is 7.83. The van der Waals surface area contributed by atoms with Crippen molar-refractivity contribution in [3.05, 3.63) is 65.6 Å². The lowest BCUT2D eigenvalue weighted by Crippen LogP contribution is -2.33. The van der Waals surface area contributed by atoms with Gasteiger partial charge in [-0.05, 0) is 87.9 Å². The van der Waals surface area contributed by atoms with Crippen LogP contribution in [0.25, 0.3) is 11.1 Å². The smallest absolute Gasteiger partial charge is 0.132 e. The van der Waals surface area contributed by atoms with E-state index in [1.165, 1.54) is 12.1 Å². The highest BCUT2D eigenvalue weighted by Gasteiger charge is 2.19. The quantitative estimate of drug-likeness (QED) is 0.529. The summed E-state index contributed by atoms with van der Waals surface area (Å²) in [5.74, 6) is 1.41. The first kappa shape index (κ1) is 22.0. The van der Waals surface area contributed by atoms with E-state index in [1.54, 1.807) is 19.2 Å². The number of rotatable bonds is 6. The summed E-state index contributed by atoms with van der Waals surface area (Å²) >= 11 is 0. The van der Waals surface area contributed by atoms with Crippen molar-refractivity contribution in [1.82, 2.24) is 10.2 Å². The summed E-state index contributed by atoms with van der Waals surface area (Å²) in [6, 6.07) is 11.0. The van der Waals surface area contributed by atoms with Crippen LogP contribution in [0.15, 0.2) is 53.7 Å². The molecule has 1 aliphatic heterocycles. The topological polar surface area (TPSA) is 36.9 Å². The molecular weight excluding hydrogens is 377 g/mol. The average Bonchev–Trinajstić information content (AvgIpc) is 2.75. The zero-order valence-corrected chi connectivity index (χ0v) is 18.4. The summed E-state index contributed by atoms with van der Waals surface area (Å²) < 4.78 is 19.1. The molecule has 4 nitrogen and oxygen atoms in total. The van der Waals surface area contributed by atoms with Crippen molar-refractivity contribution >= 4 is 5.84 Å². The molecule has 0 spiro atoms. The number of likely N-dealkylation sites (tertiary alicyclic amines) is 1. The lowest BCUT2D eigenvalue weighted by molar-refractivity contribution is 0.257. The molecule has 0 bridgehead atoms. The van der Waals surface area contributed by atoms with Gasteiger partial charge in [0.15, 0.2) is 0 Å². The molecule has 0 amide bonds. The van der Waals surface area contributed by atoms with Crippen molar-refractivity contribution in [2.24, 2.45) is 4.99 Å². The first-order valence-electron chi connectivity index (χ1n) is 10.6. The van der Waals surface area contributed by atoms with Crippen LogP contribution in [0.4, 0.5) is 4.39 Å². The summed E-state index contributed by atoms with van der Waals surface area (Å²) in [6.07, 6.45) is 7.09. The Labute approximate surface area is 179 Å². The van der Waals surface area contributed by atoms with Crippen LogP contribution in [0, 0.1) is 12.7 Å². The Morgan fingerprint density at radius 1 is 1.20 bits per heavy atom. The number of nitrogens with one attached hydrogen (secondary N) is 1. The van der Waals surface area contributed by atoms with Gasteiger partial charge in [0.05, 0.1) is 13.2 Å². The zero-order valence-electron chi connectivity index (χ0n) is 18.4. The predicted molar refractivity (Wildman–Crippen MR) is 123 cm³/mol. The largest absolute Gasteiger partial charge is 0.496 e. The molecule has 0 unspecified atom stereocenters. The van der Waals surface area contributed by atoms with Crippen LogP contribution in [-0.4, -0.2) is 44.0 Å². The van der Waals surface area contributed by atoms with Crippen molar-refractivity contribution in [2.45, 2.75) is 39.2 Å². The maximum absolute atomic E-state index is 13.4. The van der Waals surface area contributed by atoms with Gasteiger partial charge in [0.1, 0.15) is 17.4 Å². The number of halogens is 1. The normalized spacial score (nSPS) is 16.2. The fraction of sp³-hybridized carbons (Fsp3) is 0.400. The number of piperidine rings is 1. The third-order valence-electron chi connectivity index (χ3n) is 5.59. The van der Waals surface area contributed by atoms with Gasteiger partial charge in [0, 0.05) is 11.1 Å². The number of hydrogen-bond donors (Lipinski definition) is 1. The van der Waals surface area contributed by atoms with E-state index >= 15 is 0 Å². The molecule has 0 saturated carbocycles. The molecule has 0 aromatic heterocycles. The van der Waals surface area contributed by atoms with E-state index in [0.29, 0.717) is 6.04 Å². The second kappa shape index (κ2) is 10.4. The maximum Gasteiger partial charge on any atom is 0.132 e. The van der Waals surface area contributed by atoms with Gasteiger partial charge >= 0.3 is 0 Å². The summed E-state index contributed by atoms with van der Waals surface area (Å²) in [5.41, 5.74) is 3.96. The highest BCUT2D eigenvalue weighted by atomic mass is 19.1. The summed E-state index contributed by atoms with van der Waals surface area (Å²) in [7, 11) is 3.84. The van der Waals surface area contributed by atoms with Crippen molar-refractivity contribution in [3.8, 4) is 16.9 Å². The molecule has 5 heteroatoms. The Balaban J connectivity index is 2.05. The number of aliphatic imine (C=N–C) groups is 1.